The molecule has 2 saturated carbocycles. The minimum absolute atomic E-state index is 1.10. The fraction of sp³-hybridized carbons (Fsp3) is 1.00. The molecule has 0 N–H and O–H groups in total. The van der Waals surface area contributed by atoms with Crippen LogP contribution in [0.3, 0.4) is 0 Å². The van der Waals surface area contributed by atoms with Crippen molar-refractivity contribution in [1.29, 1.82) is 0 Å². The van der Waals surface area contributed by atoms with Gasteiger partial charge in [0.15, 0.2) is 0 Å². The molecule has 0 heterocycles. The summed E-state index contributed by atoms with van der Waals surface area (Å²) in [5, 5.41) is 0. The van der Waals surface area contributed by atoms with Crippen molar-refractivity contribution in [3.63, 3.8) is 0 Å². The third-order valence-electron chi connectivity index (χ3n) is 3.32. The lowest BCUT2D eigenvalue weighted by molar-refractivity contribution is 0.512. The lowest BCUT2D eigenvalue weighted by Crippen LogP contribution is -2.15. The van der Waals surface area contributed by atoms with Crippen molar-refractivity contribution in [3.8, 4) is 0 Å². The molecule has 0 spiro atoms. The Morgan fingerprint density at radius 2 is 1.08 bits per heavy atom. The van der Waals surface area contributed by atoms with Crippen LogP contribution >= 0.6 is 8.58 Å². The Kier molecular flexibility index (Phi) is 3.46. The molecule has 2 rings (SSSR count). The summed E-state index contributed by atoms with van der Waals surface area (Å²) in [7, 11) is 1.83. The Labute approximate surface area is 78.3 Å². The molecule has 69 valence electrons. The SMILES string of the molecule is C1CCCC([P]C2CCC2)CC1. The molecule has 0 aliphatic heterocycles. The summed E-state index contributed by atoms with van der Waals surface area (Å²) in [6.45, 7) is 0. The smallest absolute Gasteiger partial charge is 0.0168 e. The van der Waals surface area contributed by atoms with E-state index in [1.54, 1.807) is 0 Å². The normalized spacial score (nSPS) is 29.0. The molecular weight excluding hydrogens is 163 g/mol. The van der Waals surface area contributed by atoms with Gasteiger partial charge in [-0.15, -0.1) is 0 Å². The fourth-order valence-corrected chi connectivity index (χ4v) is 4.16. The summed E-state index contributed by atoms with van der Waals surface area (Å²) in [5.74, 6) is 0. The van der Waals surface area contributed by atoms with Crippen molar-refractivity contribution in [3.05, 3.63) is 0 Å². The van der Waals surface area contributed by atoms with Crippen LogP contribution in [0.1, 0.15) is 57.8 Å². The van der Waals surface area contributed by atoms with Gasteiger partial charge < -0.3 is 0 Å². The molecular formula is C11H20P. The molecule has 0 saturated heterocycles. The molecule has 0 bridgehead atoms. The Morgan fingerprint density at radius 3 is 1.50 bits per heavy atom. The molecule has 1 radical (unpaired) electrons. The zero-order valence-electron chi connectivity index (χ0n) is 7.97. The van der Waals surface area contributed by atoms with E-state index < -0.39 is 0 Å². The van der Waals surface area contributed by atoms with E-state index in [0.29, 0.717) is 0 Å². The van der Waals surface area contributed by atoms with E-state index in [1.165, 1.54) is 57.8 Å². The Balaban J connectivity index is 1.69. The van der Waals surface area contributed by atoms with Gasteiger partial charge in [0, 0.05) is 0 Å². The van der Waals surface area contributed by atoms with Crippen LogP contribution in [0.4, 0.5) is 0 Å². The zero-order valence-corrected chi connectivity index (χ0v) is 8.86. The van der Waals surface area contributed by atoms with Crippen molar-refractivity contribution >= 4 is 8.58 Å². The average Bonchev–Trinajstić information content (AvgIpc) is 2.24. The molecule has 2 aliphatic rings. The molecule has 0 amide bonds. The van der Waals surface area contributed by atoms with E-state index in [9.17, 15) is 0 Å². The van der Waals surface area contributed by atoms with Crippen LogP contribution in [0.2, 0.25) is 0 Å². The lowest BCUT2D eigenvalue weighted by atomic mass is 10.00. The van der Waals surface area contributed by atoms with Crippen molar-refractivity contribution in [1.82, 2.24) is 0 Å². The first kappa shape index (κ1) is 9.00. The first-order chi connectivity index (χ1) is 5.95. The molecule has 1 heteroatoms. The van der Waals surface area contributed by atoms with Gasteiger partial charge in [-0.05, 0) is 37.0 Å². The maximum atomic E-state index is 1.83. The van der Waals surface area contributed by atoms with Gasteiger partial charge in [-0.2, -0.15) is 0 Å². The molecule has 0 aromatic carbocycles. The monoisotopic (exact) mass is 183 g/mol. The van der Waals surface area contributed by atoms with Crippen LogP contribution in [0.5, 0.6) is 0 Å². The number of hydrogen-bond donors (Lipinski definition) is 0. The van der Waals surface area contributed by atoms with Crippen molar-refractivity contribution in [2.24, 2.45) is 0 Å². The molecule has 2 fully saturated rings. The standard InChI is InChI=1S/C11H20P/c1-2-4-7-10(6-3-1)12-11-8-5-9-11/h10-11H,1-9H2. The Hall–Kier alpha value is 0.430. The highest BCUT2D eigenvalue weighted by atomic mass is 31.1. The quantitative estimate of drug-likeness (QED) is 0.444. The maximum Gasteiger partial charge on any atom is -0.0168 e. The van der Waals surface area contributed by atoms with Gasteiger partial charge in [0.2, 0.25) is 0 Å². The third kappa shape index (κ3) is 2.46. The second-order valence-corrected chi connectivity index (χ2v) is 6.14. The van der Waals surface area contributed by atoms with Crippen LogP contribution in [0.15, 0.2) is 0 Å². The van der Waals surface area contributed by atoms with Gasteiger partial charge in [0.25, 0.3) is 0 Å². The van der Waals surface area contributed by atoms with Gasteiger partial charge in [-0.1, -0.05) is 40.7 Å². The molecule has 0 nitrogen and oxygen atoms in total. The number of hydrogen-bond acceptors (Lipinski definition) is 0. The molecule has 0 unspecified atom stereocenters. The van der Waals surface area contributed by atoms with Crippen LogP contribution in [0, 0.1) is 0 Å². The van der Waals surface area contributed by atoms with Gasteiger partial charge >= 0.3 is 0 Å². The minimum atomic E-state index is 1.10. The van der Waals surface area contributed by atoms with Gasteiger partial charge in [-0.25, -0.2) is 0 Å². The molecule has 0 aromatic rings. The van der Waals surface area contributed by atoms with E-state index in [1.807, 2.05) is 8.58 Å². The van der Waals surface area contributed by atoms with E-state index in [2.05, 4.69) is 0 Å². The first-order valence-corrected chi connectivity index (χ1v) is 6.68. The summed E-state index contributed by atoms with van der Waals surface area (Å²) in [4.78, 5) is 0. The summed E-state index contributed by atoms with van der Waals surface area (Å²) in [6, 6.07) is 0. The predicted octanol–water partition coefficient (Wildman–Crippen LogP) is 4.21. The van der Waals surface area contributed by atoms with Gasteiger partial charge in [0.05, 0.1) is 0 Å². The largest absolute Gasteiger partial charge is 0.0741 e. The highest BCUT2D eigenvalue weighted by Crippen LogP contribution is 2.43. The van der Waals surface area contributed by atoms with E-state index >= 15 is 0 Å². The van der Waals surface area contributed by atoms with E-state index in [4.69, 9.17) is 0 Å². The fourth-order valence-electron chi connectivity index (χ4n) is 2.24. The number of rotatable bonds is 2. The van der Waals surface area contributed by atoms with Gasteiger partial charge in [0.1, 0.15) is 0 Å². The average molecular weight is 183 g/mol. The molecule has 0 aromatic heterocycles. The topological polar surface area (TPSA) is 0 Å². The first-order valence-electron chi connectivity index (χ1n) is 5.65. The lowest BCUT2D eigenvalue weighted by Gasteiger charge is -2.28. The van der Waals surface area contributed by atoms with Crippen LogP contribution < -0.4 is 0 Å². The highest BCUT2D eigenvalue weighted by Gasteiger charge is 2.23. The molecule has 2 aliphatic carbocycles. The Morgan fingerprint density at radius 1 is 0.583 bits per heavy atom. The summed E-state index contributed by atoms with van der Waals surface area (Å²) < 4.78 is 0. The summed E-state index contributed by atoms with van der Waals surface area (Å²) in [5.41, 5.74) is 2.21. The van der Waals surface area contributed by atoms with Crippen LogP contribution in [-0.2, 0) is 0 Å². The highest BCUT2D eigenvalue weighted by molar-refractivity contribution is 7.39. The Bertz CT molecular complexity index is 121. The second kappa shape index (κ2) is 4.61. The van der Waals surface area contributed by atoms with E-state index in [-0.39, 0.29) is 0 Å². The van der Waals surface area contributed by atoms with Crippen molar-refractivity contribution in [2.45, 2.75) is 69.1 Å². The van der Waals surface area contributed by atoms with Crippen LogP contribution in [-0.4, -0.2) is 11.3 Å². The second-order valence-electron chi connectivity index (χ2n) is 4.38. The van der Waals surface area contributed by atoms with Gasteiger partial charge in [-0.3, -0.25) is 0 Å². The minimum Gasteiger partial charge on any atom is -0.0741 e. The summed E-state index contributed by atoms with van der Waals surface area (Å²) in [6.07, 6.45) is 13.7. The maximum absolute atomic E-state index is 1.83. The van der Waals surface area contributed by atoms with E-state index in [0.717, 1.165) is 11.3 Å². The molecule has 12 heavy (non-hydrogen) atoms. The zero-order chi connectivity index (χ0) is 8.23. The third-order valence-corrected chi connectivity index (χ3v) is 5.20. The molecule has 0 atom stereocenters. The summed E-state index contributed by atoms with van der Waals surface area (Å²) >= 11 is 0. The predicted molar refractivity (Wildman–Crippen MR) is 56.0 cm³/mol. The van der Waals surface area contributed by atoms with Crippen LogP contribution in [0.25, 0.3) is 0 Å². The van der Waals surface area contributed by atoms with Crippen molar-refractivity contribution in [2.75, 3.05) is 0 Å². The van der Waals surface area contributed by atoms with Crippen molar-refractivity contribution < 1.29 is 0 Å².